The highest BCUT2D eigenvalue weighted by atomic mass is 31.2. The molecule has 43 heavy (non-hydrogen) atoms. The molecule has 0 saturated carbocycles. The van der Waals surface area contributed by atoms with Crippen LogP contribution in [0.4, 0.5) is 0 Å². The van der Waals surface area contributed by atoms with Crippen molar-refractivity contribution in [2.75, 3.05) is 12.3 Å². The van der Waals surface area contributed by atoms with Crippen LogP contribution in [0.25, 0.3) is 0 Å². The molecule has 2 unspecified atom stereocenters. The summed E-state index contributed by atoms with van der Waals surface area (Å²) in [6.45, 7) is 5.44. The van der Waals surface area contributed by atoms with Crippen LogP contribution in [-0.2, 0) is 57.5 Å². The van der Waals surface area contributed by atoms with Gasteiger partial charge in [0.25, 0.3) is 0 Å². The topological polar surface area (TPSA) is 105 Å². The summed E-state index contributed by atoms with van der Waals surface area (Å²) in [6, 6.07) is 27.7. The number of esters is 3. The Morgan fingerprint density at radius 1 is 0.674 bits per heavy atom. The van der Waals surface area contributed by atoms with Gasteiger partial charge in [-0.05, 0) is 43.9 Å². The third-order valence-electron chi connectivity index (χ3n) is 6.38. The zero-order valence-electron chi connectivity index (χ0n) is 25.1. The van der Waals surface area contributed by atoms with Crippen molar-refractivity contribution >= 4 is 25.3 Å². The van der Waals surface area contributed by atoms with E-state index >= 15 is 0 Å². The highest BCUT2D eigenvalue weighted by molar-refractivity contribution is 7.59. The Morgan fingerprint density at radius 3 is 1.67 bits per heavy atom. The van der Waals surface area contributed by atoms with Gasteiger partial charge in [0.1, 0.15) is 18.8 Å². The highest BCUT2D eigenvalue weighted by Gasteiger charge is 2.34. The number of ether oxygens (including phenoxy) is 3. The van der Waals surface area contributed by atoms with Gasteiger partial charge in [-0.15, -0.1) is 0 Å². The van der Waals surface area contributed by atoms with E-state index in [-0.39, 0.29) is 51.4 Å². The first-order valence-corrected chi connectivity index (χ1v) is 16.4. The molecule has 0 bridgehead atoms. The van der Waals surface area contributed by atoms with Crippen molar-refractivity contribution in [3.8, 4) is 0 Å². The van der Waals surface area contributed by atoms with Crippen molar-refractivity contribution in [3.63, 3.8) is 0 Å². The fourth-order valence-corrected chi connectivity index (χ4v) is 6.53. The normalized spacial score (nSPS) is 13.4. The minimum atomic E-state index is -3.59. The molecule has 0 heterocycles. The lowest BCUT2D eigenvalue weighted by atomic mass is 10.1. The van der Waals surface area contributed by atoms with E-state index in [4.69, 9.17) is 18.7 Å². The number of carbonyl (C=O) groups is 3. The number of hydrogen-bond donors (Lipinski definition) is 0. The van der Waals surface area contributed by atoms with Gasteiger partial charge in [-0.25, -0.2) is 0 Å². The third-order valence-corrected chi connectivity index (χ3v) is 8.88. The van der Waals surface area contributed by atoms with E-state index in [9.17, 15) is 18.9 Å². The van der Waals surface area contributed by atoms with Gasteiger partial charge < -0.3 is 18.7 Å². The molecular weight excluding hydrogens is 567 g/mol. The molecule has 0 amide bonds. The van der Waals surface area contributed by atoms with Crippen molar-refractivity contribution in [3.05, 3.63) is 108 Å². The predicted molar refractivity (Wildman–Crippen MR) is 164 cm³/mol. The van der Waals surface area contributed by atoms with Crippen LogP contribution in [0.5, 0.6) is 0 Å². The molecule has 8 nitrogen and oxygen atoms in total. The Morgan fingerprint density at radius 2 is 1.16 bits per heavy atom. The summed E-state index contributed by atoms with van der Waals surface area (Å²) < 4.78 is 36.6. The fraction of sp³-hybridized carbons (Fsp3) is 0.382. The molecule has 3 aromatic rings. The van der Waals surface area contributed by atoms with E-state index in [0.717, 1.165) is 16.7 Å². The van der Waals surface area contributed by atoms with Gasteiger partial charge in [-0.2, -0.15) is 0 Å². The molecule has 0 aromatic heterocycles. The number of carbonyl (C=O) groups excluding carboxylic acids is 3. The molecule has 9 heteroatoms. The second-order valence-electron chi connectivity index (χ2n) is 11.3. The molecule has 3 aromatic carbocycles. The summed E-state index contributed by atoms with van der Waals surface area (Å²) in [5.41, 5.74) is 1.74. The Labute approximate surface area is 254 Å². The first kappa shape index (κ1) is 33.8. The number of benzene rings is 3. The van der Waals surface area contributed by atoms with Gasteiger partial charge in [-0.3, -0.25) is 18.9 Å². The molecule has 0 spiro atoms. The van der Waals surface area contributed by atoms with E-state index in [0.29, 0.717) is 0 Å². The quantitative estimate of drug-likeness (QED) is 0.0964. The minimum absolute atomic E-state index is 0.0295. The molecule has 0 radical (unpaired) electrons. The second kappa shape index (κ2) is 16.8. The Balaban J connectivity index is 1.73. The summed E-state index contributed by atoms with van der Waals surface area (Å²) >= 11 is 0. The average Bonchev–Trinajstić information content (AvgIpc) is 3.00. The zero-order valence-corrected chi connectivity index (χ0v) is 26.0. The standard InChI is InChI=1S/C34H41O8P/c1-34(2,3)42-32(36)21-22-43(38,41-25-29-17-11-6-12-18-29)26-30(33(37)40-24-28-15-9-5-10-16-28)19-20-31(35)39-23-27-13-7-4-8-14-27/h4-18,30H,19-26H2,1-3H3. The molecular formula is C34H41O8P. The molecule has 0 fully saturated rings. The Bertz CT molecular complexity index is 1340. The molecule has 0 N–H and O–H groups in total. The lowest BCUT2D eigenvalue weighted by Gasteiger charge is -2.24. The first-order valence-electron chi connectivity index (χ1n) is 14.4. The fourth-order valence-electron chi connectivity index (χ4n) is 4.20. The van der Waals surface area contributed by atoms with Crippen LogP contribution >= 0.6 is 7.37 Å². The van der Waals surface area contributed by atoms with Crippen molar-refractivity contribution in [1.82, 2.24) is 0 Å². The van der Waals surface area contributed by atoms with Crippen LogP contribution in [-0.4, -0.2) is 35.8 Å². The van der Waals surface area contributed by atoms with Crippen molar-refractivity contribution in [2.45, 2.75) is 65.5 Å². The summed E-state index contributed by atoms with van der Waals surface area (Å²) in [7, 11) is -3.59. The molecule has 3 rings (SSSR count). The average molecular weight is 609 g/mol. The van der Waals surface area contributed by atoms with Gasteiger partial charge >= 0.3 is 17.9 Å². The van der Waals surface area contributed by atoms with Gasteiger partial charge in [0.05, 0.1) is 18.9 Å². The first-order chi connectivity index (χ1) is 20.5. The summed E-state index contributed by atoms with van der Waals surface area (Å²) in [4.78, 5) is 38.5. The van der Waals surface area contributed by atoms with Crippen LogP contribution in [0.1, 0.15) is 56.7 Å². The van der Waals surface area contributed by atoms with Crippen LogP contribution < -0.4 is 0 Å². The van der Waals surface area contributed by atoms with E-state index in [1.807, 2.05) is 91.0 Å². The summed E-state index contributed by atoms with van der Waals surface area (Å²) in [6.07, 6.45) is -0.485. The van der Waals surface area contributed by atoms with Gasteiger partial charge in [0.2, 0.25) is 7.37 Å². The molecule has 0 aliphatic rings. The molecule has 230 valence electrons. The SMILES string of the molecule is CC(C)(C)OC(=O)CCP(=O)(CC(CCC(=O)OCc1ccccc1)C(=O)OCc1ccccc1)OCc1ccccc1. The zero-order chi connectivity index (χ0) is 31.1. The van der Waals surface area contributed by atoms with Crippen molar-refractivity contribution < 1.29 is 37.7 Å². The molecule has 0 aliphatic heterocycles. The highest BCUT2D eigenvalue weighted by Crippen LogP contribution is 2.51. The van der Waals surface area contributed by atoms with E-state index in [1.165, 1.54) is 0 Å². The lowest BCUT2D eigenvalue weighted by Crippen LogP contribution is -2.26. The second-order valence-corrected chi connectivity index (χ2v) is 14.0. The van der Waals surface area contributed by atoms with Crippen LogP contribution in [0.2, 0.25) is 0 Å². The molecule has 0 saturated heterocycles. The largest absolute Gasteiger partial charge is 0.461 e. The number of hydrogen-bond acceptors (Lipinski definition) is 8. The van der Waals surface area contributed by atoms with E-state index in [2.05, 4.69) is 0 Å². The maximum Gasteiger partial charge on any atom is 0.309 e. The maximum atomic E-state index is 14.2. The van der Waals surface area contributed by atoms with Gasteiger partial charge in [-0.1, -0.05) is 91.0 Å². The van der Waals surface area contributed by atoms with E-state index in [1.54, 1.807) is 20.8 Å². The Kier molecular flexibility index (Phi) is 13.2. The van der Waals surface area contributed by atoms with Gasteiger partial charge in [0, 0.05) is 18.7 Å². The monoisotopic (exact) mass is 608 g/mol. The third kappa shape index (κ3) is 13.4. The summed E-state index contributed by atoms with van der Waals surface area (Å²) in [5, 5.41) is 0. The maximum absolute atomic E-state index is 14.2. The molecule has 0 aliphatic carbocycles. The van der Waals surface area contributed by atoms with E-state index < -0.39 is 36.8 Å². The lowest BCUT2D eigenvalue weighted by molar-refractivity contribution is -0.154. The summed E-state index contributed by atoms with van der Waals surface area (Å²) in [5.74, 6) is -2.52. The van der Waals surface area contributed by atoms with Gasteiger partial charge in [0.15, 0.2) is 0 Å². The smallest absolute Gasteiger partial charge is 0.309 e. The van der Waals surface area contributed by atoms with Crippen LogP contribution in [0, 0.1) is 5.92 Å². The van der Waals surface area contributed by atoms with Crippen LogP contribution in [0.15, 0.2) is 91.0 Å². The number of rotatable bonds is 16. The van der Waals surface area contributed by atoms with Crippen LogP contribution in [0.3, 0.4) is 0 Å². The molecule has 2 atom stereocenters. The minimum Gasteiger partial charge on any atom is -0.461 e. The Hall–Kier alpha value is -3.74. The van der Waals surface area contributed by atoms with Crippen molar-refractivity contribution in [1.29, 1.82) is 0 Å². The predicted octanol–water partition coefficient (Wildman–Crippen LogP) is 7.10. The van der Waals surface area contributed by atoms with Crippen molar-refractivity contribution in [2.24, 2.45) is 5.92 Å².